The molecule has 2 atom stereocenters. The first kappa shape index (κ1) is 21.1. The van der Waals surface area contributed by atoms with Gasteiger partial charge in [-0.3, -0.25) is 4.79 Å². The lowest BCUT2D eigenvalue weighted by molar-refractivity contribution is 0.0947. The molecular weight excluding hydrogens is 490 g/mol. The van der Waals surface area contributed by atoms with E-state index in [2.05, 4.69) is 47.5 Å². The van der Waals surface area contributed by atoms with E-state index in [0.717, 1.165) is 35.0 Å². The van der Waals surface area contributed by atoms with Gasteiger partial charge in [-0.25, -0.2) is 4.98 Å². The van der Waals surface area contributed by atoms with E-state index in [1.165, 1.54) is 0 Å². The summed E-state index contributed by atoms with van der Waals surface area (Å²) in [7, 11) is 1.63. The van der Waals surface area contributed by atoms with Crippen LogP contribution in [0.25, 0.3) is 0 Å². The number of amides is 1. The smallest absolute Gasteiger partial charge is 0.271 e. The van der Waals surface area contributed by atoms with Gasteiger partial charge in [0.1, 0.15) is 5.75 Å². The second-order valence-electron chi connectivity index (χ2n) is 6.84. The Morgan fingerprint density at radius 3 is 2.79 bits per heavy atom. The zero-order valence-corrected chi connectivity index (χ0v) is 19.1. The maximum absolute atomic E-state index is 12.8. The van der Waals surface area contributed by atoms with Crippen LogP contribution >= 0.6 is 31.9 Å². The van der Waals surface area contributed by atoms with Gasteiger partial charge in [0, 0.05) is 18.6 Å². The van der Waals surface area contributed by atoms with Gasteiger partial charge in [-0.2, -0.15) is 0 Å². The summed E-state index contributed by atoms with van der Waals surface area (Å²) >= 11 is 7.03. The SMILES string of the molecule is CCNC(=O)c1c(N[C@H]2CCC[C@H]2N)nc(Br)n1Cc1ccc(OC)c(Br)c1. The van der Waals surface area contributed by atoms with Crippen LogP contribution in [0.4, 0.5) is 5.82 Å². The summed E-state index contributed by atoms with van der Waals surface area (Å²) in [6.07, 6.45) is 3.04. The number of hydrogen-bond acceptors (Lipinski definition) is 5. The van der Waals surface area contributed by atoms with Crippen molar-refractivity contribution in [3.63, 3.8) is 0 Å². The monoisotopic (exact) mass is 513 g/mol. The van der Waals surface area contributed by atoms with Crippen molar-refractivity contribution < 1.29 is 9.53 Å². The summed E-state index contributed by atoms with van der Waals surface area (Å²) in [5, 5.41) is 6.28. The molecule has 0 saturated heterocycles. The Morgan fingerprint density at radius 2 is 2.18 bits per heavy atom. The standard InChI is InChI=1S/C19H25Br2N5O2/c1-3-23-18(27)16-17(24-14-6-4-5-13(14)22)25-19(21)26(16)10-11-7-8-15(28-2)12(20)9-11/h7-9,13-14,24H,3-6,10,22H2,1-2H3,(H,23,27)/t13-,14+/m1/s1. The molecule has 0 spiro atoms. The number of nitrogens with zero attached hydrogens (tertiary/aromatic N) is 2. The number of imidazole rings is 1. The van der Waals surface area contributed by atoms with Gasteiger partial charge in [0.25, 0.3) is 5.91 Å². The molecule has 0 aliphatic heterocycles. The molecular formula is C19H25Br2N5O2. The molecule has 3 rings (SSSR count). The number of benzene rings is 1. The summed E-state index contributed by atoms with van der Waals surface area (Å²) in [5.74, 6) is 1.16. The molecule has 0 unspecified atom stereocenters. The van der Waals surface area contributed by atoms with E-state index in [-0.39, 0.29) is 18.0 Å². The molecule has 2 aromatic rings. The number of methoxy groups -OCH3 is 1. The van der Waals surface area contributed by atoms with Gasteiger partial charge in [0.05, 0.1) is 18.1 Å². The highest BCUT2D eigenvalue weighted by atomic mass is 79.9. The summed E-state index contributed by atoms with van der Waals surface area (Å²) in [5.41, 5.74) is 7.71. The molecule has 1 saturated carbocycles. The van der Waals surface area contributed by atoms with Crippen molar-refractivity contribution in [1.82, 2.24) is 14.9 Å². The molecule has 4 N–H and O–H groups in total. The average Bonchev–Trinajstić information content (AvgIpc) is 3.19. The van der Waals surface area contributed by atoms with Gasteiger partial charge in [0.2, 0.25) is 0 Å². The molecule has 9 heteroatoms. The van der Waals surface area contributed by atoms with E-state index in [4.69, 9.17) is 10.5 Å². The summed E-state index contributed by atoms with van der Waals surface area (Å²) in [6, 6.07) is 6.04. The Morgan fingerprint density at radius 1 is 1.39 bits per heavy atom. The Labute approximate surface area is 181 Å². The van der Waals surface area contributed by atoms with Gasteiger partial charge in [-0.05, 0) is 75.7 Å². The number of halogens is 2. The van der Waals surface area contributed by atoms with E-state index >= 15 is 0 Å². The predicted molar refractivity (Wildman–Crippen MR) is 117 cm³/mol. The fourth-order valence-corrected chi connectivity index (χ4v) is 4.55. The molecule has 1 amide bonds. The largest absolute Gasteiger partial charge is 0.496 e. The molecule has 152 valence electrons. The molecule has 1 aromatic carbocycles. The minimum Gasteiger partial charge on any atom is -0.496 e. The number of ether oxygens (including phenoxy) is 1. The highest BCUT2D eigenvalue weighted by Gasteiger charge is 2.28. The summed E-state index contributed by atoms with van der Waals surface area (Å²) < 4.78 is 8.61. The lowest BCUT2D eigenvalue weighted by atomic mass is 10.2. The third-order valence-electron chi connectivity index (χ3n) is 4.92. The number of anilines is 1. The van der Waals surface area contributed by atoms with Gasteiger partial charge in [-0.1, -0.05) is 6.07 Å². The number of hydrogen-bond donors (Lipinski definition) is 3. The molecule has 7 nitrogen and oxygen atoms in total. The number of carbonyl (C=O) groups excluding carboxylic acids is 1. The number of rotatable bonds is 7. The Bertz CT molecular complexity index is 855. The van der Waals surface area contributed by atoms with Crippen molar-refractivity contribution in [2.24, 2.45) is 5.73 Å². The van der Waals surface area contributed by atoms with Gasteiger partial charge in [-0.15, -0.1) is 0 Å². The Kier molecular flexibility index (Phi) is 7.00. The number of nitrogens with two attached hydrogens (primary N) is 1. The fraction of sp³-hybridized carbons (Fsp3) is 0.474. The van der Waals surface area contributed by atoms with E-state index < -0.39 is 0 Å². The first-order valence-electron chi connectivity index (χ1n) is 9.33. The zero-order chi connectivity index (χ0) is 20.3. The van der Waals surface area contributed by atoms with Crippen LogP contribution in [-0.4, -0.2) is 41.2 Å². The van der Waals surface area contributed by atoms with Crippen LogP contribution in [-0.2, 0) is 6.54 Å². The van der Waals surface area contributed by atoms with Crippen LogP contribution < -0.4 is 21.1 Å². The van der Waals surface area contributed by atoms with Crippen molar-refractivity contribution >= 4 is 43.6 Å². The first-order chi connectivity index (χ1) is 13.4. The molecule has 1 aliphatic carbocycles. The molecule has 1 aromatic heterocycles. The van der Waals surface area contributed by atoms with Gasteiger partial charge < -0.3 is 25.7 Å². The minimum atomic E-state index is -0.164. The second kappa shape index (κ2) is 9.28. The van der Waals surface area contributed by atoms with Crippen LogP contribution in [0.15, 0.2) is 27.4 Å². The van der Waals surface area contributed by atoms with Crippen molar-refractivity contribution in [2.75, 3.05) is 19.0 Å². The second-order valence-corrected chi connectivity index (χ2v) is 8.40. The number of carbonyl (C=O) groups is 1. The quantitative estimate of drug-likeness (QED) is 0.525. The lowest BCUT2D eigenvalue weighted by Gasteiger charge is -2.18. The minimum absolute atomic E-state index is 0.0727. The van der Waals surface area contributed by atoms with Crippen LogP contribution in [0.2, 0.25) is 0 Å². The van der Waals surface area contributed by atoms with Gasteiger partial charge >= 0.3 is 0 Å². The molecule has 0 bridgehead atoms. The van der Waals surface area contributed by atoms with Gasteiger partial charge in [0.15, 0.2) is 16.2 Å². The van der Waals surface area contributed by atoms with Crippen LogP contribution in [0.5, 0.6) is 5.75 Å². The predicted octanol–water partition coefficient (Wildman–Crippen LogP) is 3.51. The van der Waals surface area contributed by atoms with Crippen molar-refractivity contribution in [1.29, 1.82) is 0 Å². The molecule has 1 heterocycles. The van der Waals surface area contributed by atoms with Crippen LogP contribution in [0.1, 0.15) is 42.2 Å². The van der Waals surface area contributed by atoms with E-state index in [1.807, 2.05) is 29.7 Å². The molecule has 28 heavy (non-hydrogen) atoms. The first-order valence-corrected chi connectivity index (χ1v) is 10.9. The van der Waals surface area contributed by atoms with E-state index in [0.29, 0.717) is 29.3 Å². The molecule has 0 radical (unpaired) electrons. The van der Waals surface area contributed by atoms with Crippen LogP contribution in [0.3, 0.4) is 0 Å². The van der Waals surface area contributed by atoms with Crippen molar-refractivity contribution in [2.45, 2.75) is 44.8 Å². The Hall–Kier alpha value is -1.58. The fourth-order valence-electron chi connectivity index (χ4n) is 3.48. The normalized spacial score (nSPS) is 18.9. The third kappa shape index (κ3) is 4.52. The molecule has 1 aliphatic rings. The van der Waals surface area contributed by atoms with Crippen molar-refractivity contribution in [3.05, 3.63) is 38.7 Å². The van der Waals surface area contributed by atoms with Crippen LogP contribution in [0, 0.1) is 0 Å². The van der Waals surface area contributed by atoms with Crippen molar-refractivity contribution in [3.8, 4) is 5.75 Å². The molecule has 1 fully saturated rings. The number of aromatic nitrogens is 2. The number of nitrogens with one attached hydrogen (secondary N) is 2. The summed E-state index contributed by atoms with van der Waals surface area (Å²) in [6.45, 7) is 2.92. The summed E-state index contributed by atoms with van der Waals surface area (Å²) in [4.78, 5) is 17.4. The topological polar surface area (TPSA) is 94.2 Å². The Balaban J connectivity index is 1.94. The average molecular weight is 515 g/mol. The highest BCUT2D eigenvalue weighted by Crippen LogP contribution is 2.29. The maximum atomic E-state index is 12.8. The maximum Gasteiger partial charge on any atom is 0.271 e. The third-order valence-corrected chi connectivity index (χ3v) is 6.15. The lowest BCUT2D eigenvalue weighted by Crippen LogP contribution is -2.36. The van der Waals surface area contributed by atoms with E-state index in [9.17, 15) is 4.79 Å². The zero-order valence-electron chi connectivity index (χ0n) is 16.0. The van der Waals surface area contributed by atoms with E-state index in [1.54, 1.807) is 7.11 Å². The highest BCUT2D eigenvalue weighted by molar-refractivity contribution is 9.10.